The number of rotatable bonds is 6. The van der Waals surface area contributed by atoms with Crippen LogP contribution in [0.1, 0.15) is 46.8 Å². The van der Waals surface area contributed by atoms with Crippen LogP contribution in [0.4, 0.5) is 0 Å². The Bertz CT molecular complexity index is 822. The number of carbonyl (C=O) groups is 2. The van der Waals surface area contributed by atoms with Crippen molar-refractivity contribution in [3.63, 3.8) is 0 Å². The normalized spacial score (nSPS) is 15.0. The fourth-order valence-electron chi connectivity index (χ4n) is 3.30. The quantitative estimate of drug-likeness (QED) is 0.844. The highest BCUT2D eigenvalue weighted by atomic mass is 16.5. The predicted molar refractivity (Wildman–Crippen MR) is 100 cm³/mol. The number of nitrogens with zero attached hydrogens (tertiary/aromatic N) is 3. The van der Waals surface area contributed by atoms with Crippen LogP contribution in [0.25, 0.3) is 0 Å². The number of amides is 1. The average molecular weight is 371 g/mol. The van der Waals surface area contributed by atoms with Crippen molar-refractivity contribution in [3.05, 3.63) is 47.3 Å². The highest BCUT2D eigenvalue weighted by Crippen LogP contribution is 2.23. The lowest BCUT2D eigenvalue weighted by Gasteiger charge is -2.32. The topological polar surface area (TPSA) is 84.7 Å². The number of piperidine rings is 1. The molecular formula is C20H25N3O4. The summed E-state index contributed by atoms with van der Waals surface area (Å²) >= 11 is 0. The Morgan fingerprint density at radius 3 is 2.67 bits per heavy atom. The molecule has 1 aliphatic heterocycles. The van der Waals surface area contributed by atoms with E-state index < -0.39 is 5.97 Å². The number of hydrogen-bond donors (Lipinski definition) is 1. The van der Waals surface area contributed by atoms with Gasteiger partial charge in [0.25, 0.3) is 0 Å². The van der Waals surface area contributed by atoms with Gasteiger partial charge >= 0.3 is 5.97 Å². The maximum absolute atomic E-state index is 12.4. The average Bonchev–Trinajstić information content (AvgIpc) is 3.15. The van der Waals surface area contributed by atoms with Crippen LogP contribution in [0, 0.1) is 13.8 Å². The van der Waals surface area contributed by atoms with Gasteiger partial charge in [0.2, 0.25) is 5.91 Å². The summed E-state index contributed by atoms with van der Waals surface area (Å²) in [6.45, 7) is 5.67. The monoisotopic (exact) mass is 371 g/mol. The molecule has 1 aromatic heterocycles. The fraction of sp³-hybridized carbons (Fsp3) is 0.450. The number of aryl methyl sites for hydroxylation is 2. The van der Waals surface area contributed by atoms with E-state index in [0.29, 0.717) is 26.1 Å². The van der Waals surface area contributed by atoms with E-state index in [-0.39, 0.29) is 17.5 Å². The van der Waals surface area contributed by atoms with Crippen LogP contribution >= 0.6 is 0 Å². The Labute approximate surface area is 158 Å². The Morgan fingerprint density at radius 2 is 2.00 bits per heavy atom. The highest BCUT2D eigenvalue weighted by molar-refractivity contribution is 5.86. The number of aromatic nitrogens is 2. The van der Waals surface area contributed by atoms with Crippen molar-refractivity contribution in [2.24, 2.45) is 0 Å². The molecule has 0 aliphatic carbocycles. The molecule has 0 spiro atoms. The van der Waals surface area contributed by atoms with Gasteiger partial charge in [0, 0.05) is 19.3 Å². The summed E-state index contributed by atoms with van der Waals surface area (Å²) in [7, 11) is 0. The first-order chi connectivity index (χ1) is 12.9. The second kappa shape index (κ2) is 8.24. The smallest absolute Gasteiger partial charge is 0.338 e. The molecule has 0 bridgehead atoms. The summed E-state index contributed by atoms with van der Waals surface area (Å²) in [5, 5.41) is 13.1. The number of carboxylic acids is 1. The van der Waals surface area contributed by atoms with Gasteiger partial charge in [-0.15, -0.1) is 0 Å². The Morgan fingerprint density at radius 1 is 1.26 bits per heavy atom. The van der Waals surface area contributed by atoms with Gasteiger partial charge in [-0.2, -0.15) is 5.10 Å². The van der Waals surface area contributed by atoms with E-state index in [2.05, 4.69) is 5.10 Å². The number of carbonyl (C=O) groups excluding carboxylic acids is 1. The first kappa shape index (κ1) is 18.9. The third kappa shape index (κ3) is 4.67. The molecule has 3 rings (SSSR count). The molecule has 27 heavy (non-hydrogen) atoms. The fourth-order valence-corrected chi connectivity index (χ4v) is 3.30. The van der Waals surface area contributed by atoms with Crippen molar-refractivity contribution in [3.8, 4) is 5.75 Å². The SMILES string of the molecule is Cc1ccc(C)c(OCCC(=O)N2CCC(n3cc(C(=O)O)cn3)CC2)c1. The third-order valence-electron chi connectivity index (χ3n) is 4.96. The summed E-state index contributed by atoms with van der Waals surface area (Å²) in [5.74, 6) is -0.0578. The van der Waals surface area contributed by atoms with Crippen molar-refractivity contribution in [1.82, 2.24) is 14.7 Å². The number of hydrogen-bond acceptors (Lipinski definition) is 4. The van der Waals surface area contributed by atoms with Crippen molar-refractivity contribution in [1.29, 1.82) is 0 Å². The molecule has 0 saturated carbocycles. The van der Waals surface area contributed by atoms with E-state index in [1.165, 1.54) is 6.20 Å². The first-order valence-electron chi connectivity index (χ1n) is 9.19. The van der Waals surface area contributed by atoms with Gasteiger partial charge in [-0.25, -0.2) is 4.79 Å². The number of aromatic carboxylic acids is 1. The number of benzene rings is 1. The summed E-state index contributed by atoms with van der Waals surface area (Å²) in [6.07, 6.45) is 4.81. The molecule has 1 amide bonds. The molecule has 1 fully saturated rings. The largest absolute Gasteiger partial charge is 0.493 e. The maximum atomic E-state index is 12.4. The Balaban J connectivity index is 1.45. The molecule has 1 aliphatic rings. The van der Waals surface area contributed by atoms with Gasteiger partial charge in [0.15, 0.2) is 0 Å². The molecule has 7 heteroatoms. The Hall–Kier alpha value is -2.83. The highest BCUT2D eigenvalue weighted by Gasteiger charge is 2.24. The van der Waals surface area contributed by atoms with Crippen molar-refractivity contribution >= 4 is 11.9 Å². The molecule has 0 radical (unpaired) electrons. The number of carboxylic acid groups (broad SMARTS) is 1. The summed E-state index contributed by atoms with van der Waals surface area (Å²) in [5.41, 5.74) is 2.39. The number of likely N-dealkylation sites (tertiary alicyclic amines) is 1. The molecule has 0 unspecified atom stereocenters. The zero-order valence-corrected chi connectivity index (χ0v) is 15.7. The van der Waals surface area contributed by atoms with E-state index in [9.17, 15) is 9.59 Å². The van der Waals surface area contributed by atoms with Crippen LogP contribution in [-0.2, 0) is 4.79 Å². The standard InChI is InChI=1S/C20H25N3O4/c1-14-3-4-15(2)18(11-14)27-10-7-19(24)22-8-5-17(6-9-22)23-13-16(12-21-23)20(25)26/h3-4,11-13,17H,5-10H2,1-2H3,(H,25,26). The van der Waals surface area contributed by atoms with Crippen molar-refractivity contribution in [2.75, 3.05) is 19.7 Å². The molecule has 7 nitrogen and oxygen atoms in total. The van der Waals surface area contributed by atoms with E-state index in [1.54, 1.807) is 10.9 Å². The minimum absolute atomic E-state index is 0.0884. The van der Waals surface area contributed by atoms with Crippen molar-refractivity contribution < 1.29 is 19.4 Å². The van der Waals surface area contributed by atoms with E-state index >= 15 is 0 Å². The molecule has 1 saturated heterocycles. The van der Waals surface area contributed by atoms with Gasteiger partial charge in [0.05, 0.1) is 30.8 Å². The predicted octanol–water partition coefficient (Wildman–Crippen LogP) is 2.83. The zero-order chi connectivity index (χ0) is 19.4. The Kier molecular flexibility index (Phi) is 5.78. The molecule has 2 heterocycles. The summed E-state index contributed by atoms with van der Waals surface area (Å²) in [6, 6.07) is 6.17. The lowest BCUT2D eigenvalue weighted by atomic mass is 10.0. The molecule has 1 aromatic carbocycles. The lowest BCUT2D eigenvalue weighted by Crippen LogP contribution is -2.39. The van der Waals surface area contributed by atoms with Gasteiger partial charge < -0.3 is 14.7 Å². The molecule has 144 valence electrons. The minimum Gasteiger partial charge on any atom is -0.493 e. The van der Waals surface area contributed by atoms with Gasteiger partial charge in [0.1, 0.15) is 5.75 Å². The molecule has 0 atom stereocenters. The summed E-state index contributed by atoms with van der Waals surface area (Å²) in [4.78, 5) is 25.2. The van der Waals surface area contributed by atoms with Crippen molar-refractivity contribution in [2.45, 2.75) is 39.2 Å². The second-order valence-electron chi connectivity index (χ2n) is 6.99. The van der Waals surface area contributed by atoms with Gasteiger partial charge in [-0.3, -0.25) is 9.48 Å². The van der Waals surface area contributed by atoms with E-state index in [1.807, 2.05) is 36.9 Å². The lowest BCUT2D eigenvalue weighted by molar-refractivity contribution is -0.133. The van der Waals surface area contributed by atoms with Crippen LogP contribution in [0.15, 0.2) is 30.6 Å². The minimum atomic E-state index is -0.974. The number of ether oxygens (including phenoxy) is 1. The van der Waals surface area contributed by atoms with Crippen LogP contribution in [0.5, 0.6) is 5.75 Å². The van der Waals surface area contributed by atoms with Gasteiger partial charge in [-0.05, 0) is 43.9 Å². The van der Waals surface area contributed by atoms with Crippen LogP contribution in [0.3, 0.4) is 0 Å². The van der Waals surface area contributed by atoms with Crippen LogP contribution < -0.4 is 4.74 Å². The van der Waals surface area contributed by atoms with Gasteiger partial charge in [-0.1, -0.05) is 12.1 Å². The molecular weight excluding hydrogens is 346 g/mol. The first-order valence-corrected chi connectivity index (χ1v) is 9.19. The zero-order valence-electron chi connectivity index (χ0n) is 15.7. The maximum Gasteiger partial charge on any atom is 0.338 e. The third-order valence-corrected chi connectivity index (χ3v) is 4.96. The van der Waals surface area contributed by atoms with Crippen LogP contribution in [0.2, 0.25) is 0 Å². The van der Waals surface area contributed by atoms with E-state index in [0.717, 1.165) is 29.7 Å². The van der Waals surface area contributed by atoms with E-state index in [4.69, 9.17) is 9.84 Å². The molecule has 2 aromatic rings. The molecule has 1 N–H and O–H groups in total. The summed E-state index contributed by atoms with van der Waals surface area (Å²) < 4.78 is 7.48. The second-order valence-corrected chi connectivity index (χ2v) is 6.99. The van der Waals surface area contributed by atoms with Crippen LogP contribution in [-0.4, -0.2) is 51.4 Å².